The van der Waals surface area contributed by atoms with Crippen molar-refractivity contribution in [2.75, 3.05) is 6.61 Å². The zero-order valence-corrected chi connectivity index (χ0v) is 26.1. The van der Waals surface area contributed by atoms with Crippen molar-refractivity contribution in [3.8, 4) is 0 Å². The molecule has 0 heterocycles. The van der Waals surface area contributed by atoms with Gasteiger partial charge in [0.25, 0.3) is 0 Å². The number of hydrogen-bond donors (Lipinski definition) is 2. The van der Waals surface area contributed by atoms with Crippen molar-refractivity contribution >= 4 is 17.7 Å². The minimum atomic E-state index is -1.81. The van der Waals surface area contributed by atoms with Crippen LogP contribution in [0.4, 0.5) is 0 Å². The average molecular weight is 573 g/mol. The van der Waals surface area contributed by atoms with Crippen LogP contribution in [0.2, 0.25) is 0 Å². The molecule has 0 aromatic heterocycles. The summed E-state index contributed by atoms with van der Waals surface area (Å²) in [5, 5.41) is 24.3. The number of rotatable bonds is 13. The number of hydrogen-bond acceptors (Lipinski definition) is 7. The highest BCUT2D eigenvalue weighted by Gasteiger charge is 2.83. The van der Waals surface area contributed by atoms with Gasteiger partial charge in [0.05, 0.1) is 5.60 Å². The number of ether oxygens (including phenoxy) is 2. The van der Waals surface area contributed by atoms with Crippen LogP contribution in [0.25, 0.3) is 0 Å². The highest BCUT2D eigenvalue weighted by molar-refractivity contribution is 6.04. The zero-order chi connectivity index (χ0) is 30.2. The van der Waals surface area contributed by atoms with Gasteiger partial charge in [-0.05, 0) is 36.8 Å². The summed E-state index contributed by atoms with van der Waals surface area (Å²) in [6.45, 7) is 11.3. The quantitative estimate of drug-likeness (QED) is 0.158. The molecule has 0 amide bonds. The molecule has 7 atom stereocenters. The fourth-order valence-electron chi connectivity index (χ4n) is 8.62. The van der Waals surface area contributed by atoms with E-state index in [0.717, 1.165) is 19.3 Å². The van der Waals surface area contributed by atoms with E-state index in [0.29, 0.717) is 24.0 Å². The van der Waals surface area contributed by atoms with E-state index in [4.69, 9.17) is 9.47 Å². The summed E-state index contributed by atoms with van der Waals surface area (Å²) >= 11 is 0. The van der Waals surface area contributed by atoms with Crippen LogP contribution in [-0.4, -0.2) is 51.3 Å². The Morgan fingerprint density at radius 3 is 2.22 bits per heavy atom. The first-order chi connectivity index (χ1) is 19.3. The Bertz CT molecular complexity index is 1090. The molecule has 7 nitrogen and oxygen atoms in total. The molecule has 4 aliphatic carbocycles. The van der Waals surface area contributed by atoms with E-state index in [1.54, 1.807) is 13.0 Å². The molecule has 0 bridgehead atoms. The molecule has 0 aliphatic heterocycles. The van der Waals surface area contributed by atoms with Gasteiger partial charge >= 0.3 is 11.9 Å². The summed E-state index contributed by atoms with van der Waals surface area (Å²) in [7, 11) is 0. The third-order valence-electron chi connectivity index (χ3n) is 10.9. The van der Waals surface area contributed by atoms with E-state index < -0.39 is 45.8 Å². The smallest absolute Gasteiger partial charge is 0.306 e. The molecule has 0 saturated heterocycles. The molecule has 0 aromatic rings. The maximum Gasteiger partial charge on any atom is 0.306 e. The Labute approximate surface area is 246 Å². The van der Waals surface area contributed by atoms with Gasteiger partial charge in [-0.3, -0.25) is 14.4 Å². The van der Waals surface area contributed by atoms with Crippen molar-refractivity contribution in [3.63, 3.8) is 0 Å². The van der Waals surface area contributed by atoms with Crippen molar-refractivity contribution in [2.45, 2.75) is 135 Å². The molecule has 0 aromatic carbocycles. The van der Waals surface area contributed by atoms with Gasteiger partial charge in [0.15, 0.2) is 5.78 Å². The summed E-state index contributed by atoms with van der Waals surface area (Å²) in [6.07, 6.45) is 15.1. The summed E-state index contributed by atoms with van der Waals surface area (Å²) in [5.41, 5.74) is -3.32. The number of carbonyl (C=O) groups excluding carboxylic acids is 3. The van der Waals surface area contributed by atoms with E-state index in [1.807, 2.05) is 13.0 Å². The molecule has 0 spiro atoms. The fraction of sp³-hybridized carbons (Fsp3) is 0.794. The lowest BCUT2D eigenvalue weighted by Gasteiger charge is -2.50. The third kappa shape index (κ3) is 5.58. The second kappa shape index (κ2) is 11.9. The second-order valence-corrected chi connectivity index (χ2v) is 14.0. The average Bonchev–Trinajstić information content (AvgIpc) is 3.30. The summed E-state index contributed by atoms with van der Waals surface area (Å²) < 4.78 is 11.7. The monoisotopic (exact) mass is 572 g/mol. The first-order valence-electron chi connectivity index (χ1n) is 16.0. The number of carbonyl (C=O) groups is 3. The molecule has 0 radical (unpaired) electrons. The first-order valence-corrected chi connectivity index (χ1v) is 16.0. The van der Waals surface area contributed by atoms with Gasteiger partial charge in [0.1, 0.15) is 17.8 Å². The number of ketones is 1. The van der Waals surface area contributed by atoms with Crippen LogP contribution < -0.4 is 0 Å². The number of Topliss-reactive ketones (excluding diaryl/α,β-unsaturated/α-hetero) is 1. The molecule has 2 N–H and O–H groups in total. The van der Waals surface area contributed by atoms with Crippen molar-refractivity contribution in [1.29, 1.82) is 0 Å². The van der Waals surface area contributed by atoms with Crippen LogP contribution in [0.5, 0.6) is 0 Å². The Morgan fingerprint density at radius 2 is 1.61 bits per heavy atom. The van der Waals surface area contributed by atoms with E-state index >= 15 is 0 Å². The highest BCUT2D eigenvalue weighted by atomic mass is 16.6. The molecular formula is C34H52O7. The minimum Gasteiger partial charge on any atom is -0.461 e. The lowest BCUT2D eigenvalue weighted by Crippen LogP contribution is -2.61. The SMILES string of the molecule is CCCCCCCCCCCC(=O)OC12CC(C)C3(O)C(C=C(COC(C)=O)CC4(O)C(=O)C(C)=CC43)C1C2(C)C. The predicted molar refractivity (Wildman–Crippen MR) is 157 cm³/mol. The van der Waals surface area contributed by atoms with Gasteiger partial charge < -0.3 is 19.7 Å². The molecule has 230 valence electrons. The van der Waals surface area contributed by atoms with E-state index in [2.05, 4.69) is 20.8 Å². The van der Waals surface area contributed by atoms with Gasteiger partial charge in [-0.2, -0.15) is 0 Å². The summed E-state index contributed by atoms with van der Waals surface area (Å²) in [6, 6.07) is 0. The maximum atomic E-state index is 13.2. The molecule has 41 heavy (non-hydrogen) atoms. The Balaban J connectivity index is 1.50. The van der Waals surface area contributed by atoms with Gasteiger partial charge in [-0.25, -0.2) is 0 Å². The summed E-state index contributed by atoms with van der Waals surface area (Å²) in [4.78, 5) is 38.0. The molecule has 4 aliphatic rings. The van der Waals surface area contributed by atoms with Crippen molar-refractivity contribution in [2.24, 2.45) is 29.1 Å². The standard InChI is InChI=1S/C34H52O7/c1-7-8-9-10-11-12-13-14-15-16-28(36)41-33-19-23(3)34(39)26(29(33)31(33,5)6)18-25(21-40-24(4)35)20-32(38)27(34)17-22(2)30(32)37/h17-18,23,26-27,29,38-39H,7-16,19-21H2,1-6H3. The molecule has 4 rings (SSSR count). The zero-order valence-electron chi connectivity index (χ0n) is 26.1. The molecule has 2 fully saturated rings. The lowest BCUT2D eigenvalue weighted by molar-refractivity contribution is -0.187. The van der Waals surface area contributed by atoms with Crippen LogP contribution in [-0.2, 0) is 23.9 Å². The summed E-state index contributed by atoms with van der Waals surface area (Å²) in [5.74, 6) is -2.88. The Kier molecular flexibility index (Phi) is 9.31. The van der Waals surface area contributed by atoms with Crippen LogP contribution >= 0.6 is 0 Å². The second-order valence-electron chi connectivity index (χ2n) is 14.0. The van der Waals surface area contributed by atoms with Crippen LogP contribution in [0.15, 0.2) is 23.3 Å². The lowest BCUT2D eigenvalue weighted by atomic mass is 9.60. The van der Waals surface area contributed by atoms with Crippen molar-refractivity contribution in [1.82, 2.24) is 0 Å². The van der Waals surface area contributed by atoms with E-state index in [1.165, 1.54) is 45.4 Å². The molecule has 2 saturated carbocycles. The number of esters is 2. The van der Waals surface area contributed by atoms with Crippen LogP contribution in [0.3, 0.4) is 0 Å². The Morgan fingerprint density at radius 1 is 1.00 bits per heavy atom. The molecular weight excluding hydrogens is 520 g/mol. The third-order valence-corrected chi connectivity index (χ3v) is 10.9. The topological polar surface area (TPSA) is 110 Å². The van der Waals surface area contributed by atoms with Crippen molar-refractivity contribution in [3.05, 3.63) is 23.3 Å². The van der Waals surface area contributed by atoms with Gasteiger partial charge in [-0.1, -0.05) is 91.2 Å². The normalized spacial score (nSPS) is 36.7. The number of aliphatic hydroxyl groups is 2. The number of unbranched alkanes of at least 4 members (excludes halogenated alkanes) is 8. The molecule has 7 unspecified atom stereocenters. The fourth-order valence-corrected chi connectivity index (χ4v) is 8.62. The molecule has 7 heteroatoms. The highest BCUT2D eigenvalue weighted by Crippen LogP contribution is 2.76. The minimum absolute atomic E-state index is 0.0122. The first kappa shape index (κ1) is 31.9. The van der Waals surface area contributed by atoms with Gasteiger partial charge in [-0.15, -0.1) is 0 Å². The van der Waals surface area contributed by atoms with Crippen molar-refractivity contribution < 1.29 is 34.1 Å². The van der Waals surface area contributed by atoms with E-state index in [-0.39, 0.29) is 30.8 Å². The predicted octanol–water partition coefficient (Wildman–Crippen LogP) is 6.00. The largest absolute Gasteiger partial charge is 0.461 e. The van der Waals surface area contributed by atoms with Crippen LogP contribution in [0.1, 0.15) is 119 Å². The van der Waals surface area contributed by atoms with Gasteiger partial charge in [0, 0.05) is 42.9 Å². The maximum absolute atomic E-state index is 13.2. The van der Waals surface area contributed by atoms with Gasteiger partial charge in [0.2, 0.25) is 0 Å². The Hall–Kier alpha value is -1.99. The number of fused-ring (bicyclic) bond motifs is 5. The van der Waals surface area contributed by atoms with E-state index in [9.17, 15) is 24.6 Å². The van der Waals surface area contributed by atoms with Crippen LogP contribution in [0, 0.1) is 29.1 Å².